The Balaban J connectivity index is 1.92. The molecule has 2 fully saturated rings. The van der Waals surface area contributed by atoms with Gasteiger partial charge in [-0.05, 0) is 31.1 Å². The molecule has 2 heteroatoms. The minimum absolute atomic E-state index is 0.383. The van der Waals surface area contributed by atoms with Crippen molar-refractivity contribution in [2.45, 2.75) is 38.2 Å². The molecule has 0 spiro atoms. The largest absolute Gasteiger partial charge is 0.362 e. The van der Waals surface area contributed by atoms with Crippen LogP contribution in [0.3, 0.4) is 0 Å². The highest BCUT2D eigenvalue weighted by atomic mass is 35.5. The molecule has 1 nitrogen and oxygen atoms in total. The maximum absolute atomic E-state index is 5.55. The van der Waals surface area contributed by atoms with Gasteiger partial charge in [0, 0.05) is 0 Å². The molecule has 2 aliphatic rings. The average Bonchev–Trinajstić information content (AvgIpc) is 2.53. The van der Waals surface area contributed by atoms with Gasteiger partial charge in [-0.15, -0.1) is 0 Å². The van der Waals surface area contributed by atoms with Gasteiger partial charge >= 0.3 is 0 Å². The summed E-state index contributed by atoms with van der Waals surface area (Å²) in [5.74, 6) is 1.83. The van der Waals surface area contributed by atoms with Crippen LogP contribution in [0.15, 0.2) is 0 Å². The van der Waals surface area contributed by atoms with E-state index in [1.807, 2.05) is 0 Å². The first kappa shape index (κ1) is 7.88. The van der Waals surface area contributed by atoms with Crippen molar-refractivity contribution in [3.05, 3.63) is 0 Å². The van der Waals surface area contributed by atoms with Gasteiger partial charge in [0.05, 0.1) is 6.10 Å². The number of hydrogen-bond donors (Lipinski definition) is 0. The lowest BCUT2D eigenvalue weighted by molar-refractivity contribution is 0.0537. The molecular formula is C9H15ClO. The van der Waals surface area contributed by atoms with Crippen molar-refractivity contribution in [2.75, 3.05) is 6.07 Å². The summed E-state index contributed by atoms with van der Waals surface area (Å²) < 4.78 is 5.48. The highest BCUT2D eigenvalue weighted by Crippen LogP contribution is 2.45. The summed E-state index contributed by atoms with van der Waals surface area (Å²) in [6.07, 6.45) is 7.37. The van der Waals surface area contributed by atoms with Gasteiger partial charge in [-0.1, -0.05) is 24.4 Å². The third-order valence-electron chi connectivity index (χ3n) is 3.29. The Hall–Kier alpha value is 0.250. The monoisotopic (exact) mass is 174 g/mol. The van der Waals surface area contributed by atoms with Crippen LogP contribution in [0, 0.1) is 11.8 Å². The molecule has 0 aromatic rings. The normalized spacial score (nSPS) is 42.8. The molecule has 0 aromatic heterocycles. The first-order chi connectivity index (χ1) is 5.42. The van der Waals surface area contributed by atoms with Gasteiger partial charge in [0.15, 0.2) is 0 Å². The van der Waals surface area contributed by atoms with Gasteiger partial charge in [0.1, 0.15) is 6.07 Å². The van der Waals surface area contributed by atoms with E-state index in [1.54, 1.807) is 0 Å². The van der Waals surface area contributed by atoms with E-state index in [0.29, 0.717) is 12.2 Å². The van der Waals surface area contributed by atoms with Gasteiger partial charge < -0.3 is 4.74 Å². The van der Waals surface area contributed by atoms with Crippen LogP contribution in [0.5, 0.6) is 0 Å². The molecule has 0 amide bonds. The van der Waals surface area contributed by atoms with Crippen LogP contribution in [0.1, 0.15) is 32.1 Å². The molecule has 3 atom stereocenters. The smallest absolute Gasteiger partial charge is 0.121 e. The highest BCUT2D eigenvalue weighted by Gasteiger charge is 2.39. The van der Waals surface area contributed by atoms with Crippen molar-refractivity contribution < 1.29 is 4.74 Å². The Morgan fingerprint density at radius 2 is 2.09 bits per heavy atom. The van der Waals surface area contributed by atoms with Gasteiger partial charge in [-0.2, -0.15) is 0 Å². The summed E-state index contributed by atoms with van der Waals surface area (Å²) in [6.45, 7) is 0. The Bertz CT molecular complexity index is 136. The van der Waals surface area contributed by atoms with Crippen LogP contribution in [-0.2, 0) is 4.74 Å². The number of ether oxygens (including phenoxy) is 1. The van der Waals surface area contributed by atoms with E-state index in [0.717, 1.165) is 11.8 Å². The number of rotatable bonds is 2. The van der Waals surface area contributed by atoms with E-state index in [4.69, 9.17) is 16.3 Å². The molecule has 0 N–H and O–H groups in total. The van der Waals surface area contributed by atoms with Crippen molar-refractivity contribution in [3.8, 4) is 0 Å². The maximum atomic E-state index is 5.55. The third-order valence-corrected chi connectivity index (χ3v) is 3.42. The molecule has 2 aliphatic carbocycles. The van der Waals surface area contributed by atoms with Gasteiger partial charge in [-0.25, -0.2) is 0 Å². The summed E-state index contributed by atoms with van der Waals surface area (Å²) in [5.41, 5.74) is 0. The molecule has 3 unspecified atom stereocenters. The summed E-state index contributed by atoms with van der Waals surface area (Å²) in [4.78, 5) is 0. The van der Waals surface area contributed by atoms with Crippen molar-refractivity contribution in [3.63, 3.8) is 0 Å². The zero-order chi connectivity index (χ0) is 7.68. The maximum Gasteiger partial charge on any atom is 0.121 e. The van der Waals surface area contributed by atoms with Gasteiger partial charge in [-0.3, -0.25) is 0 Å². The second-order valence-corrected chi connectivity index (χ2v) is 3.96. The Morgan fingerprint density at radius 3 is 2.91 bits per heavy atom. The summed E-state index contributed by atoms with van der Waals surface area (Å²) in [5, 5.41) is 0. The van der Waals surface area contributed by atoms with Crippen molar-refractivity contribution in [1.29, 1.82) is 0 Å². The van der Waals surface area contributed by atoms with E-state index in [9.17, 15) is 0 Å². The lowest BCUT2D eigenvalue weighted by Crippen LogP contribution is -2.18. The molecule has 0 aromatic carbocycles. The minimum atomic E-state index is 0.383. The third kappa shape index (κ3) is 1.41. The van der Waals surface area contributed by atoms with E-state index in [2.05, 4.69) is 0 Å². The van der Waals surface area contributed by atoms with Crippen molar-refractivity contribution >= 4 is 11.6 Å². The first-order valence-electron chi connectivity index (χ1n) is 4.59. The average molecular weight is 175 g/mol. The number of alkyl halides is 1. The molecule has 2 saturated carbocycles. The van der Waals surface area contributed by atoms with Crippen LogP contribution in [-0.4, -0.2) is 12.2 Å². The van der Waals surface area contributed by atoms with Crippen molar-refractivity contribution in [2.24, 2.45) is 11.8 Å². The SMILES string of the molecule is ClCOC1CCC2CCCC21. The molecule has 0 bridgehead atoms. The zero-order valence-corrected chi connectivity index (χ0v) is 7.52. The number of fused-ring (bicyclic) bond motifs is 1. The lowest BCUT2D eigenvalue weighted by atomic mass is 9.99. The Kier molecular flexibility index (Phi) is 2.38. The van der Waals surface area contributed by atoms with Crippen LogP contribution >= 0.6 is 11.6 Å². The molecule has 0 heterocycles. The topological polar surface area (TPSA) is 9.23 Å². The quantitative estimate of drug-likeness (QED) is 0.585. The fraction of sp³-hybridized carbons (Fsp3) is 1.00. The molecule has 0 radical (unpaired) electrons. The highest BCUT2D eigenvalue weighted by molar-refractivity contribution is 6.17. The molecule has 0 aliphatic heterocycles. The summed E-state index contributed by atoms with van der Waals surface area (Å²) in [6, 6.07) is 0.383. The summed E-state index contributed by atoms with van der Waals surface area (Å²) in [7, 11) is 0. The van der Waals surface area contributed by atoms with Crippen molar-refractivity contribution in [1.82, 2.24) is 0 Å². The Morgan fingerprint density at radius 1 is 1.18 bits per heavy atom. The van der Waals surface area contributed by atoms with E-state index >= 15 is 0 Å². The van der Waals surface area contributed by atoms with Gasteiger partial charge in [0.25, 0.3) is 0 Å². The van der Waals surface area contributed by atoms with E-state index < -0.39 is 0 Å². The zero-order valence-electron chi connectivity index (χ0n) is 6.76. The molecule has 11 heavy (non-hydrogen) atoms. The second-order valence-electron chi connectivity index (χ2n) is 3.75. The van der Waals surface area contributed by atoms with Crippen LogP contribution in [0.4, 0.5) is 0 Å². The van der Waals surface area contributed by atoms with Crippen LogP contribution in [0.25, 0.3) is 0 Å². The van der Waals surface area contributed by atoms with Crippen LogP contribution in [0.2, 0.25) is 0 Å². The standard InChI is InChI=1S/C9H15ClO/c10-6-11-9-5-4-7-2-1-3-8(7)9/h7-9H,1-6H2. The van der Waals surface area contributed by atoms with E-state index in [1.165, 1.54) is 32.1 Å². The van der Waals surface area contributed by atoms with E-state index in [-0.39, 0.29) is 0 Å². The van der Waals surface area contributed by atoms with Gasteiger partial charge in [0.2, 0.25) is 0 Å². The molecule has 64 valence electrons. The molecule has 2 rings (SSSR count). The lowest BCUT2D eigenvalue weighted by Gasteiger charge is -2.17. The Labute approximate surface area is 73.1 Å². The summed E-state index contributed by atoms with van der Waals surface area (Å²) >= 11 is 5.55. The fourth-order valence-corrected chi connectivity index (χ4v) is 2.96. The number of hydrogen-bond acceptors (Lipinski definition) is 1. The predicted molar refractivity (Wildman–Crippen MR) is 45.7 cm³/mol. The van der Waals surface area contributed by atoms with Crippen LogP contribution < -0.4 is 0 Å². The predicted octanol–water partition coefficient (Wildman–Crippen LogP) is 2.78. The second kappa shape index (κ2) is 3.32. The fourth-order valence-electron chi connectivity index (χ4n) is 2.79. The molecular weight excluding hydrogens is 160 g/mol. The first-order valence-corrected chi connectivity index (χ1v) is 5.13. The number of halogens is 1. The molecule has 0 saturated heterocycles. The minimum Gasteiger partial charge on any atom is -0.362 e.